The molecule has 0 radical (unpaired) electrons. The molecule has 1 aromatic rings. The Hall–Kier alpha value is -1.35. The highest BCUT2D eigenvalue weighted by Gasteiger charge is 2.29. The van der Waals surface area contributed by atoms with Crippen molar-refractivity contribution in [3.05, 3.63) is 35.4 Å². The van der Waals surface area contributed by atoms with Crippen molar-refractivity contribution < 1.29 is 15.0 Å². The van der Waals surface area contributed by atoms with Gasteiger partial charge in [-0.2, -0.15) is 0 Å². The second-order valence-corrected chi connectivity index (χ2v) is 3.82. The Labute approximate surface area is 89.4 Å². The van der Waals surface area contributed by atoms with Crippen molar-refractivity contribution >= 4 is 5.97 Å². The summed E-state index contributed by atoms with van der Waals surface area (Å²) in [6.45, 7) is 3.73. The van der Waals surface area contributed by atoms with Gasteiger partial charge in [0, 0.05) is 0 Å². The lowest BCUT2D eigenvalue weighted by Crippen LogP contribution is -2.28. The first-order valence-electron chi connectivity index (χ1n) is 4.99. The van der Waals surface area contributed by atoms with Crippen LogP contribution in [0.1, 0.15) is 30.9 Å². The summed E-state index contributed by atoms with van der Waals surface area (Å²) in [7, 11) is 0. The lowest BCUT2D eigenvalue weighted by molar-refractivity contribution is -0.143. The molecule has 0 heterocycles. The molecule has 0 aliphatic rings. The molecule has 1 rings (SSSR count). The summed E-state index contributed by atoms with van der Waals surface area (Å²) in [5, 5.41) is 18.9. The van der Waals surface area contributed by atoms with Gasteiger partial charge in [-0.3, -0.25) is 4.79 Å². The number of aliphatic carboxylic acids is 1. The minimum Gasteiger partial charge on any atom is -0.481 e. The van der Waals surface area contributed by atoms with Crippen molar-refractivity contribution in [1.82, 2.24) is 0 Å². The summed E-state index contributed by atoms with van der Waals surface area (Å²) in [5.41, 5.74) is 0.505. The fourth-order valence-corrected chi connectivity index (χ4v) is 1.55. The number of hydrogen-bond donors (Lipinski definition) is 2. The largest absolute Gasteiger partial charge is 0.481 e. The average Bonchev–Trinajstić information content (AvgIpc) is 2.17. The summed E-state index contributed by atoms with van der Waals surface area (Å²) in [6, 6.07) is 7.30. The lowest BCUT2D eigenvalue weighted by Gasteiger charge is -2.25. The maximum atomic E-state index is 10.7. The van der Waals surface area contributed by atoms with Gasteiger partial charge in [0.1, 0.15) is 0 Å². The van der Waals surface area contributed by atoms with Gasteiger partial charge >= 0.3 is 5.97 Å². The molecule has 1 atom stereocenters. The molecule has 0 bridgehead atoms. The number of benzene rings is 1. The molecule has 0 aliphatic carbocycles. The highest BCUT2D eigenvalue weighted by atomic mass is 16.4. The molecule has 0 saturated heterocycles. The Balaban J connectivity index is 3.00. The van der Waals surface area contributed by atoms with E-state index in [9.17, 15) is 9.90 Å². The van der Waals surface area contributed by atoms with E-state index in [1.165, 1.54) is 0 Å². The molecule has 0 fully saturated rings. The number of aliphatic hydroxyl groups is 1. The van der Waals surface area contributed by atoms with Crippen LogP contribution in [0.25, 0.3) is 0 Å². The predicted molar refractivity (Wildman–Crippen MR) is 57.6 cm³/mol. The standard InChI is InChI=1S/C12H16O3/c1-3-12(15,8-11(13)14)10-6-4-9(2)5-7-10/h4-7,15H,3,8H2,1-2H3,(H,13,14). The van der Waals surface area contributed by atoms with Crippen LogP contribution in [-0.2, 0) is 10.4 Å². The Kier molecular flexibility index (Phi) is 3.48. The Morgan fingerprint density at radius 2 is 1.87 bits per heavy atom. The molecule has 0 saturated carbocycles. The predicted octanol–water partition coefficient (Wildman–Crippen LogP) is 2.07. The van der Waals surface area contributed by atoms with E-state index >= 15 is 0 Å². The van der Waals surface area contributed by atoms with E-state index in [1.54, 1.807) is 19.1 Å². The van der Waals surface area contributed by atoms with Gasteiger partial charge in [-0.1, -0.05) is 36.8 Å². The first-order chi connectivity index (χ1) is 6.98. The zero-order valence-corrected chi connectivity index (χ0v) is 9.03. The van der Waals surface area contributed by atoms with Crippen LogP contribution in [0.15, 0.2) is 24.3 Å². The van der Waals surface area contributed by atoms with E-state index in [2.05, 4.69) is 0 Å². The molecule has 1 aromatic carbocycles. The molecule has 82 valence electrons. The SMILES string of the molecule is CCC(O)(CC(=O)O)c1ccc(C)cc1. The van der Waals surface area contributed by atoms with Crippen molar-refractivity contribution in [2.24, 2.45) is 0 Å². The van der Waals surface area contributed by atoms with Gasteiger partial charge < -0.3 is 10.2 Å². The summed E-state index contributed by atoms with van der Waals surface area (Å²) < 4.78 is 0. The van der Waals surface area contributed by atoms with Crippen LogP contribution in [0, 0.1) is 6.92 Å². The normalized spacial score (nSPS) is 14.6. The number of carboxylic acids is 1. The number of aryl methyl sites for hydroxylation is 1. The van der Waals surface area contributed by atoms with Gasteiger partial charge in [-0.05, 0) is 18.9 Å². The van der Waals surface area contributed by atoms with E-state index in [0.29, 0.717) is 12.0 Å². The highest BCUT2D eigenvalue weighted by Crippen LogP contribution is 2.28. The third-order valence-corrected chi connectivity index (χ3v) is 2.62. The van der Waals surface area contributed by atoms with Gasteiger partial charge in [0.2, 0.25) is 0 Å². The van der Waals surface area contributed by atoms with E-state index in [4.69, 9.17) is 5.11 Å². The van der Waals surface area contributed by atoms with Gasteiger partial charge in [0.15, 0.2) is 0 Å². The molecule has 3 heteroatoms. The number of rotatable bonds is 4. The molecule has 15 heavy (non-hydrogen) atoms. The Morgan fingerprint density at radius 1 is 1.33 bits per heavy atom. The molecule has 3 nitrogen and oxygen atoms in total. The molecule has 0 aromatic heterocycles. The fraction of sp³-hybridized carbons (Fsp3) is 0.417. The summed E-state index contributed by atoms with van der Waals surface area (Å²) in [6.07, 6.45) is 0.134. The molecular formula is C12H16O3. The topological polar surface area (TPSA) is 57.5 Å². The monoisotopic (exact) mass is 208 g/mol. The molecule has 0 amide bonds. The first-order valence-corrected chi connectivity index (χ1v) is 4.99. The minimum absolute atomic E-state index is 0.257. The minimum atomic E-state index is -1.25. The summed E-state index contributed by atoms with van der Waals surface area (Å²) >= 11 is 0. The van der Waals surface area contributed by atoms with E-state index in [0.717, 1.165) is 5.56 Å². The average molecular weight is 208 g/mol. The second kappa shape index (κ2) is 4.45. The van der Waals surface area contributed by atoms with Gasteiger partial charge in [0.25, 0.3) is 0 Å². The molecule has 1 unspecified atom stereocenters. The van der Waals surface area contributed by atoms with E-state index < -0.39 is 11.6 Å². The van der Waals surface area contributed by atoms with Crippen LogP contribution >= 0.6 is 0 Å². The van der Waals surface area contributed by atoms with Crippen molar-refractivity contribution in [3.63, 3.8) is 0 Å². The summed E-state index contributed by atoms with van der Waals surface area (Å²) in [4.78, 5) is 10.7. The van der Waals surface area contributed by atoms with Crippen LogP contribution in [-0.4, -0.2) is 16.2 Å². The highest BCUT2D eigenvalue weighted by molar-refractivity contribution is 5.68. The second-order valence-electron chi connectivity index (χ2n) is 3.82. The van der Waals surface area contributed by atoms with E-state index in [-0.39, 0.29) is 6.42 Å². The van der Waals surface area contributed by atoms with Crippen molar-refractivity contribution in [2.75, 3.05) is 0 Å². The van der Waals surface area contributed by atoms with Gasteiger partial charge in [-0.25, -0.2) is 0 Å². The molecular weight excluding hydrogens is 192 g/mol. The Morgan fingerprint density at radius 3 is 2.27 bits per heavy atom. The van der Waals surface area contributed by atoms with Gasteiger partial charge in [0.05, 0.1) is 12.0 Å². The Bertz CT molecular complexity index is 342. The van der Waals surface area contributed by atoms with Crippen LogP contribution in [0.3, 0.4) is 0 Å². The van der Waals surface area contributed by atoms with Crippen LogP contribution in [0.5, 0.6) is 0 Å². The number of carbonyl (C=O) groups is 1. The molecule has 0 spiro atoms. The van der Waals surface area contributed by atoms with E-state index in [1.807, 2.05) is 19.1 Å². The zero-order valence-electron chi connectivity index (χ0n) is 9.03. The third-order valence-electron chi connectivity index (χ3n) is 2.62. The van der Waals surface area contributed by atoms with Crippen molar-refractivity contribution in [3.8, 4) is 0 Å². The molecule has 0 aliphatic heterocycles. The number of carboxylic acid groups (broad SMARTS) is 1. The fourth-order valence-electron chi connectivity index (χ4n) is 1.55. The zero-order chi connectivity index (χ0) is 11.5. The summed E-state index contributed by atoms with van der Waals surface area (Å²) in [5.74, 6) is -0.986. The van der Waals surface area contributed by atoms with Crippen LogP contribution in [0.4, 0.5) is 0 Å². The van der Waals surface area contributed by atoms with Crippen LogP contribution < -0.4 is 0 Å². The first kappa shape index (κ1) is 11.7. The maximum absolute atomic E-state index is 10.7. The van der Waals surface area contributed by atoms with Crippen molar-refractivity contribution in [1.29, 1.82) is 0 Å². The number of hydrogen-bond acceptors (Lipinski definition) is 2. The molecule has 2 N–H and O–H groups in total. The quantitative estimate of drug-likeness (QED) is 0.796. The smallest absolute Gasteiger partial charge is 0.306 e. The third kappa shape index (κ3) is 2.80. The van der Waals surface area contributed by atoms with Crippen LogP contribution in [0.2, 0.25) is 0 Å². The lowest BCUT2D eigenvalue weighted by atomic mass is 9.87. The maximum Gasteiger partial charge on any atom is 0.306 e. The van der Waals surface area contributed by atoms with Crippen molar-refractivity contribution in [2.45, 2.75) is 32.3 Å². The van der Waals surface area contributed by atoms with Gasteiger partial charge in [-0.15, -0.1) is 0 Å².